The molecule has 3 N–H and O–H groups in total. The van der Waals surface area contributed by atoms with Crippen molar-refractivity contribution in [1.29, 1.82) is 0 Å². The van der Waals surface area contributed by atoms with Crippen LogP contribution >= 0.6 is 0 Å². The second-order valence-corrected chi connectivity index (χ2v) is 10.1. The van der Waals surface area contributed by atoms with Crippen molar-refractivity contribution in [2.45, 2.75) is 96.2 Å². The molecule has 1 aromatic heterocycles. The molecule has 1 unspecified atom stereocenters. The molecule has 2 saturated heterocycles. The summed E-state index contributed by atoms with van der Waals surface area (Å²) in [4.78, 5) is 31.6. The Hall–Kier alpha value is -2.15. The van der Waals surface area contributed by atoms with E-state index in [0.29, 0.717) is 24.4 Å². The molecule has 0 aliphatic carbocycles. The van der Waals surface area contributed by atoms with Crippen LogP contribution in [0, 0.1) is 11.8 Å². The van der Waals surface area contributed by atoms with Gasteiger partial charge in [-0.05, 0) is 81.8 Å². The Labute approximate surface area is 197 Å². The number of rotatable bonds is 11. The van der Waals surface area contributed by atoms with Crippen molar-refractivity contribution in [3.8, 4) is 0 Å². The van der Waals surface area contributed by atoms with Crippen LogP contribution in [0.2, 0.25) is 0 Å². The van der Waals surface area contributed by atoms with Gasteiger partial charge in [0, 0.05) is 36.8 Å². The number of carbonyl (C=O) groups is 2. The lowest BCUT2D eigenvalue weighted by Gasteiger charge is -2.26. The largest absolute Gasteiger partial charge is 0.480 e. The molecule has 0 aromatic carbocycles. The lowest BCUT2D eigenvalue weighted by Crippen LogP contribution is -2.45. The van der Waals surface area contributed by atoms with Gasteiger partial charge >= 0.3 is 5.97 Å². The second kappa shape index (κ2) is 10.9. The summed E-state index contributed by atoms with van der Waals surface area (Å²) in [5, 5.41) is 15.9. The van der Waals surface area contributed by atoms with Gasteiger partial charge in [-0.3, -0.25) is 9.69 Å². The van der Waals surface area contributed by atoms with E-state index in [2.05, 4.69) is 27.7 Å². The van der Waals surface area contributed by atoms with Crippen LogP contribution in [0.15, 0.2) is 12.1 Å². The number of fused-ring (bicyclic) bond motifs is 3. The van der Waals surface area contributed by atoms with Gasteiger partial charge in [-0.1, -0.05) is 19.9 Å². The first-order chi connectivity index (χ1) is 16.0. The molecule has 2 fully saturated rings. The normalized spacial score (nSPS) is 25.0. The highest BCUT2D eigenvalue weighted by molar-refractivity contribution is 5.84. The first-order valence-electron chi connectivity index (χ1n) is 13.0. The van der Waals surface area contributed by atoms with E-state index >= 15 is 0 Å². The number of nitrogens with zero attached hydrogens (tertiary/aromatic N) is 2. The zero-order valence-corrected chi connectivity index (χ0v) is 20.2. The number of aryl methyl sites for hydroxylation is 2. The summed E-state index contributed by atoms with van der Waals surface area (Å²) in [5.74, 6) is 0.568. The van der Waals surface area contributed by atoms with Crippen LogP contribution in [0.4, 0.5) is 5.82 Å². The average Bonchev–Trinajstić information content (AvgIpc) is 3.37. The molecular formula is C26H40N4O3. The van der Waals surface area contributed by atoms with E-state index in [0.717, 1.165) is 51.0 Å². The summed E-state index contributed by atoms with van der Waals surface area (Å²) < 4.78 is 0. The van der Waals surface area contributed by atoms with Crippen molar-refractivity contribution in [1.82, 2.24) is 15.2 Å². The Bertz CT molecular complexity index is 841. The smallest absolute Gasteiger partial charge is 0.326 e. The summed E-state index contributed by atoms with van der Waals surface area (Å²) >= 11 is 0. The van der Waals surface area contributed by atoms with Gasteiger partial charge in [-0.15, -0.1) is 0 Å². The van der Waals surface area contributed by atoms with Gasteiger partial charge in [0.15, 0.2) is 0 Å². The van der Waals surface area contributed by atoms with E-state index in [-0.39, 0.29) is 11.8 Å². The third-order valence-corrected chi connectivity index (χ3v) is 8.18. The summed E-state index contributed by atoms with van der Waals surface area (Å²) in [6, 6.07) is 4.72. The third kappa shape index (κ3) is 5.51. The van der Waals surface area contributed by atoms with Crippen molar-refractivity contribution in [2.75, 3.05) is 18.4 Å². The standard InChI is InChI=1S/C26H40N4O3/c1-3-17(4-2)25(31)29-22(26(32)33)13-15-30-21-11-12-23(30)19(16-21)8-10-20-9-7-18-6-5-14-27-24(18)28-20/h7,9,17,19,21-23H,3-6,8,10-16H2,1-2H3,(H,27,28)(H,29,31)(H,32,33)/t19-,21+,22?,23-/m1/s1. The maximum absolute atomic E-state index is 12.4. The number of aromatic nitrogens is 1. The second-order valence-electron chi connectivity index (χ2n) is 10.1. The molecule has 3 aliphatic heterocycles. The van der Waals surface area contributed by atoms with Gasteiger partial charge in [-0.25, -0.2) is 9.78 Å². The highest BCUT2D eigenvalue weighted by Gasteiger charge is 2.45. The highest BCUT2D eigenvalue weighted by Crippen LogP contribution is 2.43. The minimum atomic E-state index is -0.926. The molecule has 7 heteroatoms. The quantitative estimate of drug-likeness (QED) is 0.471. The van der Waals surface area contributed by atoms with Crippen molar-refractivity contribution in [2.24, 2.45) is 11.8 Å². The van der Waals surface area contributed by atoms with Gasteiger partial charge in [-0.2, -0.15) is 0 Å². The van der Waals surface area contributed by atoms with Crippen LogP contribution in [0.1, 0.15) is 76.5 Å². The Morgan fingerprint density at radius 1 is 1.27 bits per heavy atom. The number of aliphatic carboxylic acids is 1. The third-order valence-electron chi connectivity index (χ3n) is 8.18. The molecule has 4 heterocycles. The van der Waals surface area contributed by atoms with Gasteiger partial charge in [0.25, 0.3) is 0 Å². The number of hydrogen-bond acceptors (Lipinski definition) is 5. The molecule has 0 saturated carbocycles. The maximum Gasteiger partial charge on any atom is 0.326 e. The van der Waals surface area contributed by atoms with Crippen LogP contribution in [-0.2, 0) is 22.4 Å². The van der Waals surface area contributed by atoms with Gasteiger partial charge < -0.3 is 15.7 Å². The van der Waals surface area contributed by atoms with Crippen molar-refractivity contribution >= 4 is 17.7 Å². The SMILES string of the molecule is CCC(CC)C(=O)NC(CCN1[C@H]2CC[C@@H]1[C@H](CCc1ccc3c(n1)NCCC3)C2)C(=O)O. The van der Waals surface area contributed by atoms with E-state index in [1.165, 1.54) is 36.9 Å². The van der Waals surface area contributed by atoms with Gasteiger partial charge in [0.2, 0.25) is 5.91 Å². The molecule has 182 valence electrons. The fraction of sp³-hybridized carbons (Fsp3) is 0.731. The van der Waals surface area contributed by atoms with E-state index in [1.54, 1.807) is 0 Å². The zero-order chi connectivity index (χ0) is 23.4. The fourth-order valence-corrected chi connectivity index (χ4v) is 6.22. The average molecular weight is 457 g/mol. The maximum atomic E-state index is 12.4. The molecule has 1 aromatic rings. The predicted octanol–water partition coefficient (Wildman–Crippen LogP) is 3.62. The first-order valence-corrected chi connectivity index (χ1v) is 13.0. The molecule has 1 amide bonds. The number of nitrogens with one attached hydrogen (secondary N) is 2. The summed E-state index contributed by atoms with van der Waals surface area (Å²) in [5.41, 5.74) is 2.51. The first kappa shape index (κ1) is 24.0. The molecule has 3 aliphatic rings. The van der Waals surface area contributed by atoms with E-state index in [1.807, 2.05) is 13.8 Å². The highest BCUT2D eigenvalue weighted by atomic mass is 16.4. The minimum absolute atomic E-state index is 0.105. The Morgan fingerprint density at radius 3 is 2.85 bits per heavy atom. The molecular weight excluding hydrogens is 416 g/mol. The minimum Gasteiger partial charge on any atom is -0.480 e. The number of amides is 1. The van der Waals surface area contributed by atoms with Crippen LogP contribution in [0.3, 0.4) is 0 Å². The van der Waals surface area contributed by atoms with Crippen molar-refractivity contribution < 1.29 is 14.7 Å². The predicted molar refractivity (Wildman–Crippen MR) is 129 cm³/mol. The van der Waals surface area contributed by atoms with Crippen molar-refractivity contribution in [3.05, 3.63) is 23.4 Å². The fourth-order valence-electron chi connectivity index (χ4n) is 6.22. The molecule has 0 spiro atoms. The number of pyridine rings is 1. The number of carboxylic acids is 1. The van der Waals surface area contributed by atoms with Crippen LogP contribution in [-0.4, -0.2) is 58.1 Å². The zero-order valence-electron chi connectivity index (χ0n) is 20.2. The van der Waals surface area contributed by atoms with Gasteiger partial charge in [0.05, 0.1) is 0 Å². The van der Waals surface area contributed by atoms with Crippen molar-refractivity contribution in [3.63, 3.8) is 0 Å². The topological polar surface area (TPSA) is 94.6 Å². The molecule has 4 rings (SSSR count). The summed E-state index contributed by atoms with van der Waals surface area (Å²) in [6.07, 6.45) is 9.99. The Balaban J connectivity index is 1.29. The van der Waals surface area contributed by atoms with Crippen LogP contribution in [0.5, 0.6) is 0 Å². The number of hydrogen-bond donors (Lipinski definition) is 3. The number of carbonyl (C=O) groups excluding carboxylic acids is 1. The molecule has 7 nitrogen and oxygen atoms in total. The number of carboxylic acid groups (broad SMARTS) is 1. The van der Waals surface area contributed by atoms with E-state index < -0.39 is 12.0 Å². The van der Waals surface area contributed by atoms with Crippen LogP contribution in [0.25, 0.3) is 0 Å². The summed E-state index contributed by atoms with van der Waals surface area (Å²) in [7, 11) is 0. The molecule has 0 radical (unpaired) electrons. The van der Waals surface area contributed by atoms with E-state index in [9.17, 15) is 14.7 Å². The molecule has 33 heavy (non-hydrogen) atoms. The number of anilines is 1. The lowest BCUT2D eigenvalue weighted by atomic mass is 9.85. The monoisotopic (exact) mass is 456 g/mol. The molecule has 2 bridgehead atoms. The lowest BCUT2D eigenvalue weighted by molar-refractivity contribution is -0.142. The van der Waals surface area contributed by atoms with Crippen LogP contribution < -0.4 is 10.6 Å². The summed E-state index contributed by atoms with van der Waals surface area (Å²) in [6.45, 7) is 5.71. The van der Waals surface area contributed by atoms with E-state index in [4.69, 9.17) is 4.98 Å². The Morgan fingerprint density at radius 2 is 2.09 bits per heavy atom. The Kier molecular flexibility index (Phi) is 7.89. The van der Waals surface area contributed by atoms with Gasteiger partial charge in [0.1, 0.15) is 11.9 Å². The molecule has 4 atom stereocenters.